The average molecular weight is 368 g/mol. The van der Waals surface area contributed by atoms with E-state index in [0.29, 0.717) is 0 Å². The number of benzene rings is 2. The van der Waals surface area contributed by atoms with Gasteiger partial charge in [0, 0.05) is 12.5 Å². The zero-order chi connectivity index (χ0) is 19.1. The molecule has 0 aromatic heterocycles. The van der Waals surface area contributed by atoms with Gasteiger partial charge in [-0.3, -0.25) is 4.79 Å². The van der Waals surface area contributed by atoms with Crippen LogP contribution in [0.2, 0.25) is 0 Å². The van der Waals surface area contributed by atoms with Crippen LogP contribution in [0.15, 0.2) is 48.5 Å². The molecule has 1 amide bonds. The number of alkyl halides is 3. The third-order valence-electron chi connectivity index (χ3n) is 4.60. The maximum Gasteiger partial charge on any atom is 0.416 e. The second kappa shape index (κ2) is 6.60. The minimum atomic E-state index is -4.54. The molecule has 3 N–H and O–H groups in total. The lowest BCUT2D eigenvalue weighted by Crippen LogP contribution is -2.39. The molecule has 3 atom stereocenters. The van der Waals surface area contributed by atoms with Crippen LogP contribution in [0.3, 0.4) is 0 Å². The van der Waals surface area contributed by atoms with Crippen molar-refractivity contribution in [2.75, 3.05) is 11.4 Å². The van der Waals surface area contributed by atoms with Crippen LogP contribution in [0.4, 0.5) is 23.2 Å². The number of aliphatic hydroxyl groups is 1. The van der Waals surface area contributed by atoms with Crippen LogP contribution in [-0.4, -0.2) is 23.8 Å². The van der Waals surface area contributed by atoms with Gasteiger partial charge in [-0.15, -0.1) is 0 Å². The molecular formula is C18H16F4N2O2. The van der Waals surface area contributed by atoms with Crippen molar-refractivity contribution in [3.63, 3.8) is 0 Å². The molecule has 1 heterocycles. The second-order valence-corrected chi connectivity index (χ2v) is 6.18. The van der Waals surface area contributed by atoms with Crippen molar-refractivity contribution in [2.24, 2.45) is 11.7 Å². The van der Waals surface area contributed by atoms with Crippen LogP contribution in [-0.2, 0) is 11.0 Å². The highest BCUT2D eigenvalue weighted by molar-refractivity contribution is 5.80. The molecule has 8 heteroatoms. The van der Waals surface area contributed by atoms with Gasteiger partial charge in [-0.2, -0.15) is 13.2 Å². The third-order valence-corrected chi connectivity index (χ3v) is 4.60. The van der Waals surface area contributed by atoms with E-state index in [2.05, 4.69) is 0 Å². The highest BCUT2D eigenvalue weighted by atomic mass is 19.4. The average Bonchev–Trinajstić information content (AvgIpc) is 2.92. The van der Waals surface area contributed by atoms with E-state index in [1.807, 2.05) is 0 Å². The number of anilines is 1. The van der Waals surface area contributed by atoms with Gasteiger partial charge in [-0.1, -0.05) is 30.3 Å². The van der Waals surface area contributed by atoms with Crippen molar-refractivity contribution < 1.29 is 27.5 Å². The smallest absolute Gasteiger partial charge is 0.373 e. The summed E-state index contributed by atoms with van der Waals surface area (Å²) in [6.07, 6.45) is -5.98. The van der Waals surface area contributed by atoms with Crippen LogP contribution >= 0.6 is 0 Å². The molecule has 0 saturated carbocycles. The normalized spacial score (nSPS) is 23.3. The largest absolute Gasteiger partial charge is 0.416 e. The van der Waals surface area contributed by atoms with Crippen molar-refractivity contribution in [3.05, 3.63) is 65.5 Å². The Kier molecular flexibility index (Phi) is 4.62. The molecule has 1 aliphatic rings. The molecule has 1 saturated heterocycles. The fourth-order valence-corrected chi connectivity index (χ4v) is 3.36. The Labute approximate surface area is 146 Å². The highest BCUT2D eigenvalue weighted by Crippen LogP contribution is 2.41. The number of para-hydroxylation sites is 1. The zero-order valence-corrected chi connectivity index (χ0v) is 13.4. The summed E-state index contributed by atoms with van der Waals surface area (Å²) in [6.45, 7) is -0.0446. The van der Waals surface area contributed by atoms with Gasteiger partial charge >= 0.3 is 6.18 Å². The number of halogens is 4. The van der Waals surface area contributed by atoms with Gasteiger partial charge in [-0.05, 0) is 23.8 Å². The summed E-state index contributed by atoms with van der Waals surface area (Å²) in [5.74, 6) is -3.44. The lowest BCUT2D eigenvalue weighted by molar-refractivity contribution is -0.137. The zero-order valence-electron chi connectivity index (χ0n) is 13.4. The van der Waals surface area contributed by atoms with Gasteiger partial charge in [0.15, 0.2) is 0 Å². The summed E-state index contributed by atoms with van der Waals surface area (Å²) >= 11 is 0. The first kappa shape index (κ1) is 18.2. The van der Waals surface area contributed by atoms with E-state index in [1.54, 1.807) is 6.07 Å². The first-order valence-electron chi connectivity index (χ1n) is 7.86. The molecule has 2 aromatic carbocycles. The predicted molar refractivity (Wildman–Crippen MR) is 86.6 cm³/mol. The Morgan fingerprint density at radius 3 is 2.46 bits per heavy atom. The Hall–Kier alpha value is -2.61. The number of primary amides is 1. The van der Waals surface area contributed by atoms with Crippen molar-refractivity contribution >= 4 is 11.6 Å². The van der Waals surface area contributed by atoms with E-state index in [4.69, 9.17) is 5.73 Å². The van der Waals surface area contributed by atoms with Crippen LogP contribution < -0.4 is 10.6 Å². The molecule has 4 nitrogen and oxygen atoms in total. The second-order valence-electron chi connectivity index (χ2n) is 6.18. The molecule has 0 bridgehead atoms. The number of nitrogens with zero attached hydrogens (tertiary/aromatic N) is 1. The fraction of sp³-hybridized carbons (Fsp3) is 0.278. The van der Waals surface area contributed by atoms with Crippen molar-refractivity contribution in [3.8, 4) is 0 Å². The number of aliphatic hydroxyl groups excluding tert-OH is 1. The molecular weight excluding hydrogens is 352 g/mol. The minimum absolute atomic E-state index is 0.0446. The predicted octanol–water partition coefficient (Wildman–Crippen LogP) is 2.87. The van der Waals surface area contributed by atoms with E-state index < -0.39 is 41.5 Å². The van der Waals surface area contributed by atoms with E-state index in [9.17, 15) is 27.5 Å². The Balaban J connectivity index is 2.01. The van der Waals surface area contributed by atoms with Crippen LogP contribution in [0, 0.1) is 11.7 Å². The summed E-state index contributed by atoms with van der Waals surface area (Å²) in [5.41, 5.74) is 4.78. The van der Waals surface area contributed by atoms with Crippen molar-refractivity contribution in [2.45, 2.75) is 18.3 Å². The summed E-state index contributed by atoms with van der Waals surface area (Å²) in [6, 6.07) is 10.2. The van der Waals surface area contributed by atoms with Crippen molar-refractivity contribution in [1.82, 2.24) is 0 Å². The third kappa shape index (κ3) is 3.24. The molecule has 3 unspecified atom stereocenters. The van der Waals surface area contributed by atoms with E-state index in [1.165, 1.54) is 35.2 Å². The monoisotopic (exact) mass is 368 g/mol. The van der Waals surface area contributed by atoms with Gasteiger partial charge in [-0.25, -0.2) is 4.39 Å². The number of hydrogen-bond donors (Lipinski definition) is 2. The molecule has 2 aromatic rings. The lowest BCUT2D eigenvalue weighted by Gasteiger charge is -2.24. The quantitative estimate of drug-likeness (QED) is 0.819. The molecule has 0 spiro atoms. The molecule has 0 aliphatic carbocycles. The molecule has 138 valence electrons. The molecule has 26 heavy (non-hydrogen) atoms. The number of nitrogens with two attached hydrogens (primary N) is 1. The van der Waals surface area contributed by atoms with Gasteiger partial charge in [0.1, 0.15) is 12.0 Å². The van der Waals surface area contributed by atoms with Gasteiger partial charge < -0.3 is 15.7 Å². The van der Waals surface area contributed by atoms with Gasteiger partial charge in [0.2, 0.25) is 5.91 Å². The first-order chi connectivity index (χ1) is 12.2. The van der Waals surface area contributed by atoms with E-state index in [0.717, 1.165) is 12.1 Å². The van der Waals surface area contributed by atoms with Gasteiger partial charge in [0.25, 0.3) is 0 Å². The molecule has 1 aliphatic heterocycles. The molecule has 0 radical (unpaired) electrons. The molecule has 1 fully saturated rings. The fourth-order valence-electron chi connectivity index (χ4n) is 3.36. The number of amides is 1. The summed E-state index contributed by atoms with van der Waals surface area (Å²) in [5, 5.41) is 10.5. The van der Waals surface area contributed by atoms with Crippen LogP contribution in [0.5, 0.6) is 0 Å². The number of hydrogen-bond acceptors (Lipinski definition) is 3. The molecule has 3 rings (SSSR count). The van der Waals surface area contributed by atoms with E-state index >= 15 is 0 Å². The number of rotatable bonds is 3. The number of carbonyl (C=O) groups is 1. The number of carbonyl (C=O) groups excluding carboxylic acids is 1. The highest BCUT2D eigenvalue weighted by Gasteiger charge is 2.46. The summed E-state index contributed by atoms with van der Waals surface area (Å²) in [4.78, 5) is 13.1. The Bertz CT molecular complexity index is 825. The SMILES string of the molecule is NC(=O)C1C(c2cccc(C(F)(F)F)c2)CN(c2ccccc2F)C1O. The van der Waals surface area contributed by atoms with Crippen molar-refractivity contribution in [1.29, 1.82) is 0 Å². The Morgan fingerprint density at radius 1 is 1.15 bits per heavy atom. The van der Waals surface area contributed by atoms with Gasteiger partial charge in [0.05, 0.1) is 17.2 Å². The van der Waals surface area contributed by atoms with Crippen LogP contribution in [0.1, 0.15) is 17.0 Å². The topological polar surface area (TPSA) is 66.6 Å². The minimum Gasteiger partial charge on any atom is -0.373 e. The summed E-state index contributed by atoms with van der Waals surface area (Å²) < 4.78 is 53.0. The Morgan fingerprint density at radius 2 is 1.85 bits per heavy atom. The lowest BCUT2D eigenvalue weighted by atomic mass is 9.87. The maximum absolute atomic E-state index is 14.1. The van der Waals surface area contributed by atoms with Crippen LogP contribution in [0.25, 0.3) is 0 Å². The first-order valence-corrected chi connectivity index (χ1v) is 7.86. The summed E-state index contributed by atoms with van der Waals surface area (Å²) in [7, 11) is 0. The standard InChI is InChI=1S/C18H16F4N2O2/c19-13-6-1-2-7-14(13)24-9-12(15(16(23)25)17(24)26)10-4-3-5-11(8-10)18(20,21)22/h1-8,12,15,17,26H,9H2,(H2,23,25). The van der Waals surface area contributed by atoms with E-state index in [-0.39, 0.29) is 17.8 Å². The maximum atomic E-state index is 14.1.